The molecule has 1 aliphatic heterocycles. The molecule has 1 unspecified atom stereocenters. The van der Waals surface area contributed by atoms with E-state index in [-0.39, 0.29) is 5.91 Å². The number of aromatic nitrogens is 1. The minimum absolute atomic E-state index is 0.169. The minimum atomic E-state index is 0.169. The predicted molar refractivity (Wildman–Crippen MR) is 105 cm³/mol. The Kier molecular flexibility index (Phi) is 4.91. The lowest BCUT2D eigenvalue weighted by molar-refractivity contribution is 0.0720. The molecule has 0 radical (unpaired) electrons. The van der Waals surface area contributed by atoms with Gasteiger partial charge in [-0.05, 0) is 73.9 Å². The first-order chi connectivity index (χ1) is 12.7. The van der Waals surface area contributed by atoms with E-state index in [1.165, 1.54) is 23.2 Å². The minimum Gasteiger partial charge on any atom is -0.371 e. The normalized spacial score (nSPS) is 19.7. The smallest absolute Gasteiger partial charge is 0.253 e. The van der Waals surface area contributed by atoms with Gasteiger partial charge in [0.05, 0.1) is 0 Å². The molecule has 4 heteroatoms. The fraction of sp³-hybridized carbons (Fsp3) is 0.455. The van der Waals surface area contributed by atoms with Gasteiger partial charge < -0.3 is 9.80 Å². The Morgan fingerprint density at radius 3 is 2.69 bits per heavy atom. The predicted octanol–water partition coefficient (Wildman–Crippen LogP) is 3.70. The third-order valence-corrected chi connectivity index (χ3v) is 5.94. The second-order valence-corrected chi connectivity index (χ2v) is 7.53. The first-order valence-electron chi connectivity index (χ1n) is 9.76. The van der Waals surface area contributed by atoms with Crippen molar-refractivity contribution in [2.75, 3.05) is 25.0 Å². The molecular formula is C22H27N3O. The molecule has 1 aliphatic carbocycles. The van der Waals surface area contributed by atoms with Crippen molar-refractivity contribution in [1.82, 2.24) is 9.88 Å². The van der Waals surface area contributed by atoms with Gasteiger partial charge in [0.2, 0.25) is 0 Å². The average Bonchev–Trinajstić information content (AvgIpc) is 3.02. The maximum absolute atomic E-state index is 13.0. The molecule has 0 N–H and O–H groups in total. The Labute approximate surface area is 155 Å². The van der Waals surface area contributed by atoms with E-state index in [0.29, 0.717) is 6.04 Å². The van der Waals surface area contributed by atoms with E-state index >= 15 is 0 Å². The van der Waals surface area contributed by atoms with Gasteiger partial charge in [-0.1, -0.05) is 6.07 Å². The topological polar surface area (TPSA) is 36.4 Å². The van der Waals surface area contributed by atoms with Crippen LogP contribution in [0.15, 0.2) is 42.7 Å². The van der Waals surface area contributed by atoms with Crippen LogP contribution in [0, 0.1) is 0 Å². The number of aryl methyl sites for hydroxylation is 2. The number of anilines is 1. The van der Waals surface area contributed by atoms with Crippen LogP contribution >= 0.6 is 0 Å². The van der Waals surface area contributed by atoms with Crippen LogP contribution in [0.2, 0.25) is 0 Å². The molecule has 1 saturated heterocycles. The Balaban J connectivity index is 1.43. The number of hydrogen-bond acceptors (Lipinski definition) is 3. The van der Waals surface area contributed by atoms with Crippen LogP contribution in [0.4, 0.5) is 5.69 Å². The van der Waals surface area contributed by atoms with Gasteiger partial charge in [-0.25, -0.2) is 0 Å². The zero-order chi connectivity index (χ0) is 17.9. The molecule has 1 aromatic heterocycles. The molecule has 1 aromatic carbocycles. The van der Waals surface area contributed by atoms with E-state index in [1.807, 2.05) is 30.4 Å². The Morgan fingerprint density at radius 2 is 1.85 bits per heavy atom. The highest BCUT2D eigenvalue weighted by atomic mass is 16.2. The summed E-state index contributed by atoms with van der Waals surface area (Å²) in [4.78, 5) is 21.5. The summed E-state index contributed by atoms with van der Waals surface area (Å²) in [6.07, 6.45) is 10.4. The molecular weight excluding hydrogens is 322 g/mol. The molecule has 0 spiro atoms. The van der Waals surface area contributed by atoms with Crippen LogP contribution in [0.5, 0.6) is 0 Å². The van der Waals surface area contributed by atoms with Gasteiger partial charge >= 0.3 is 0 Å². The van der Waals surface area contributed by atoms with E-state index in [9.17, 15) is 4.79 Å². The van der Waals surface area contributed by atoms with Crippen LogP contribution in [-0.2, 0) is 12.8 Å². The highest BCUT2D eigenvalue weighted by Gasteiger charge is 2.25. The number of benzene rings is 1. The Morgan fingerprint density at radius 1 is 1.04 bits per heavy atom. The molecule has 136 valence electrons. The van der Waals surface area contributed by atoms with Crippen molar-refractivity contribution in [3.63, 3.8) is 0 Å². The van der Waals surface area contributed by atoms with Gasteiger partial charge in [-0.2, -0.15) is 0 Å². The zero-order valence-electron chi connectivity index (χ0n) is 15.5. The molecule has 1 amide bonds. The second-order valence-electron chi connectivity index (χ2n) is 7.53. The van der Waals surface area contributed by atoms with Crippen molar-refractivity contribution in [2.24, 2.45) is 0 Å². The van der Waals surface area contributed by atoms with Crippen LogP contribution in [0.3, 0.4) is 0 Å². The summed E-state index contributed by atoms with van der Waals surface area (Å²) >= 11 is 0. The van der Waals surface area contributed by atoms with Gasteiger partial charge in [0, 0.05) is 49.8 Å². The molecule has 0 saturated carbocycles. The number of pyridine rings is 1. The van der Waals surface area contributed by atoms with Crippen molar-refractivity contribution in [3.8, 4) is 0 Å². The number of rotatable bonds is 3. The summed E-state index contributed by atoms with van der Waals surface area (Å²) in [7, 11) is 1.97. The number of fused-ring (bicyclic) bond motifs is 1. The summed E-state index contributed by atoms with van der Waals surface area (Å²) in [5.41, 5.74) is 4.87. The van der Waals surface area contributed by atoms with Crippen molar-refractivity contribution in [3.05, 3.63) is 59.4 Å². The first kappa shape index (κ1) is 17.1. The summed E-state index contributed by atoms with van der Waals surface area (Å²) < 4.78 is 0. The van der Waals surface area contributed by atoms with Gasteiger partial charge in [0.15, 0.2) is 0 Å². The summed E-state index contributed by atoms with van der Waals surface area (Å²) in [5, 5.41) is 0. The third kappa shape index (κ3) is 3.46. The lowest BCUT2D eigenvalue weighted by atomic mass is 10.0. The van der Waals surface area contributed by atoms with E-state index in [4.69, 9.17) is 0 Å². The maximum atomic E-state index is 13.0. The third-order valence-electron chi connectivity index (χ3n) is 5.94. The van der Waals surface area contributed by atoms with E-state index < -0.39 is 0 Å². The molecule has 2 heterocycles. The fourth-order valence-electron chi connectivity index (χ4n) is 4.35. The molecule has 0 bridgehead atoms. The number of carbonyl (C=O) groups excluding carboxylic acids is 1. The number of amides is 1. The SMILES string of the molecule is CN(C(=O)c1ccc2c(c1)CCC2)C1CCCN(c2ccncc2)CC1. The van der Waals surface area contributed by atoms with Crippen molar-refractivity contribution in [1.29, 1.82) is 0 Å². The highest BCUT2D eigenvalue weighted by Crippen LogP contribution is 2.25. The van der Waals surface area contributed by atoms with Gasteiger partial charge in [0.25, 0.3) is 5.91 Å². The molecule has 1 fully saturated rings. The van der Waals surface area contributed by atoms with Crippen molar-refractivity contribution in [2.45, 2.75) is 44.6 Å². The quantitative estimate of drug-likeness (QED) is 0.848. The molecule has 26 heavy (non-hydrogen) atoms. The molecule has 2 aromatic rings. The number of carbonyl (C=O) groups is 1. The van der Waals surface area contributed by atoms with E-state index in [0.717, 1.165) is 50.8 Å². The lowest BCUT2D eigenvalue weighted by Crippen LogP contribution is -2.38. The van der Waals surface area contributed by atoms with Crippen molar-refractivity contribution < 1.29 is 4.79 Å². The molecule has 1 atom stereocenters. The summed E-state index contributed by atoms with van der Waals surface area (Å²) in [5.74, 6) is 0.169. The number of nitrogens with zero attached hydrogens (tertiary/aromatic N) is 3. The largest absolute Gasteiger partial charge is 0.371 e. The van der Waals surface area contributed by atoms with Gasteiger partial charge in [0.1, 0.15) is 0 Å². The first-order valence-corrected chi connectivity index (χ1v) is 9.76. The summed E-state index contributed by atoms with van der Waals surface area (Å²) in [6.45, 7) is 2.03. The van der Waals surface area contributed by atoms with Crippen LogP contribution in [-0.4, -0.2) is 42.0 Å². The van der Waals surface area contributed by atoms with Gasteiger partial charge in [-0.15, -0.1) is 0 Å². The second kappa shape index (κ2) is 7.48. The van der Waals surface area contributed by atoms with Crippen LogP contribution in [0.25, 0.3) is 0 Å². The van der Waals surface area contributed by atoms with Crippen molar-refractivity contribution >= 4 is 11.6 Å². The Bertz CT molecular complexity index is 774. The lowest BCUT2D eigenvalue weighted by Gasteiger charge is -2.28. The highest BCUT2D eigenvalue weighted by molar-refractivity contribution is 5.94. The van der Waals surface area contributed by atoms with Crippen LogP contribution < -0.4 is 4.90 Å². The van der Waals surface area contributed by atoms with E-state index in [2.05, 4.69) is 34.1 Å². The number of hydrogen-bond donors (Lipinski definition) is 0. The zero-order valence-corrected chi connectivity index (χ0v) is 15.5. The molecule has 2 aliphatic rings. The van der Waals surface area contributed by atoms with Crippen LogP contribution in [0.1, 0.15) is 47.2 Å². The Hall–Kier alpha value is -2.36. The maximum Gasteiger partial charge on any atom is 0.253 e. The van der Waals surface area contributed by atoms with Gasteiger partial charge in [-0.3, -0.25) is 9.78 Å². The average molecular weight is 349 g/mol. The monoisotopic (exact) mass is 349 g/mol. The summed E-state index contributed by atoms with van der Waals surface area (Å²) in [6, 6.07) is 10.7. The standard InChI is InChI=1S/C22H27N3O/c1-24(22(26)19-8-7-17-4-2-5-18(17)16-19)20-6-3-14-25(15-11-20)21-9-12-23-13-10-21/h7-10,12-13,16,20H,2-6,11,14-15H2,1H3. The molecule has 4 nitrogen and oxygen atoms in total. The fourth-order valence-corrected chi connectivity index (χ4v) is 4.35. The molecule has 4 rings (SSSR count). The van der Waals surface area contributed by atoms with E-state index in [1.54, 1.807) is 0 Å².